The highest BCUT2D eigenvalue weighted by molar-refractivity contribution is 5.83. The van der Waals surface area contributed by atoms with E-state index in [1.165, 1.54) is 17.9 Å². The van der Waals surface area contributed by atoms with Gasteiger partial charge in [-0.1, -0.05) is 18.2 Å². The molecular formula is C15H21FN2O2. The second-order valence-electron chi connectivity index (χ2n) is 5.00. The Bertz CT molecular complexity index is 475. The van der Waals surface area contributed by atoms with Crippen LogP contribution in [0, 0.1) is 5.82 Å². The average Bonchev–Trinajstić information content (AvgIpc) is 2.34. The van der Waals surface area contributed by atoms with Gasteiger partial charge in [0, 0.05) is 19.5 Å². The fourth-order valence-corrected chi connectivity index (χ4v) is 1.85. The molecule has 0 aromatic heterocycles. The molecule has 1 aromatic rings. The molecule has 1 N–H and O–H groups in total. The Morgan fingerprint density at radius 2 is 1.95 bits per heavy atom. The Labute approximate surface area is 119 Å². The SMILES string of the molecule is CC(=O)N(CCc1ccccc1F)CC(=O)NC(C)C. The minimum Gasteiger partial charge on any atom is -0.352 e. The number of benzene rings is 1. The number of carbonyl (C=O) groups is 2. The number of hydrogen-bond donors (Lipinski definition) is 1. The van der Waals surface area contributed by atoms with E-state index in [0.29, 0.717) is 18.5 Å². The van der Waals surface area contributed by atoms with Gasteiger partial charge in [-0.2, -0.15) is 0 Å². The van der Waals surface area contributed by atoms with Crippen molar-refractivity contribution in [2.75, 3.05) is 13.1 Å². The highest BCUT2D eigenvalue weighted by Gasteiger charge is 2.14. The zero-order valence-corrected chi connectivity index (χ0v) is 12.1. The molecule has 0 spiro atoms. The van der Waals surface area contributed by atoms with Crippen molar-refractivity contribution in [2.24, 2.45) is 0 Å². The van der Waals surface area contributed by atoms with Crippen LogP contribution in [0.2, 0.25) is 0 Å². The number of amides is 2. The third-order valence-corrected chi connectivity index (χ3v) is 2.84. The van der Waals surface area contributed by atoms with Crippen molar-refractivity contribution in [3.05, 3.63) is 35.6 Å². The van der Waals surface area contributed by atoms with Crippen LogP contribution in [0.25, 0.3) is 0 Å². The third kappa shape index (κ3) is 5.38. The molecule has 1 rings (SSSR count). The van der Waals surface area contributed by atoms with Crippen LogP contribution in [0.1, 0.15) is 26.3 Å². The maximum Gasteiger partial charge on any atom is 0.239 e. The molecule has 0 aliphatic heterocycles. The Hall–Kier alpha value is -1.91. The largest absolute Gasteiger partial charge is 0.352 e. The molecule has 20 heavy (non-hydrogen) atoms. The summed E-state index contributed by atoms with van der Waals surface area (Å²) in [7, 11) is 0. The van der Waals surface area contributed by atoms with E-state index in [-0.39, 0.29) is 30.2 Å². The van der Waals surface area contributed by atoms with Gasteiger partial charge in [0.05, 0.1) is 6.54 Å². The smallest absolute Gasteiger partial charge is 0.239 e. The topological polar surface area (TPSA) is 49.4 Å². The van der Waals surface area contributed by atoms with Crippen LogP contribution in [-0.4, -0.2) is 35.8 Å². The summed E-state index contributed by atoms with van der Waals surface area (Å²) in [5, 5.41) is 2.73. The lowest BCUT2D eigenvalue weighted by Crippen LogP contribution is -2.42. The molecule has 4 nitrogen and oxygen atoms in total. The molecule has 0 bridgehead atoms. The molecular weight excluding hydrogens is 259 g/mol. The van der Waals surface area contributed by atoms with Crippen molar-refractivity contribution in [3.8, 4) is 0 Å². The number of nitrogens with one attached hydrogen (secondary N) is 1. The lowest BCUT2D eigenvalue weighted by molar-refractivity contribution is -0.134. The first-order chi connectivity index (χ1) is 9.40. The van der Waals surface area contributed by atoms with Gasteiger partial charge in [-0.3, -0.25) is 9.59 Å². The molecule has 0 unspecified atom stereocenters. The number of halogens is 1. The van der Waals surface area contributed by atoms with Crippen LogP contribution >= 0.6 is 0 Å². The quantitative estimate of drug-likeness (QED) is 0.863. The van der Waals surface area contributed by atoms with Crippen LogP contribution in [-0.2, 0) is 16.0 Å². The van der Waals surface area contributed by atoms with E-state index in [0.717, 1.165) is 0 Å². The van der Waals surface area contributed by atoms with Crippen molar-refractivity contribution in [2.45, 2.75) is 33.2 Å². The van der Waals surface area contributed by atoms with Crippen LogP contribution in [0.5, 0.6) is 0 Å². The molecule has 0 heterocycles. The predicted molar refractivity (Wildman–Crippen MR) is 75.6 cm³/mol. The van der Waals surface area contributed by atoms with E-state index in [4.69, 9.17) is 0 Å². The van der Waals surface area contributed by atoms with Gasteiger partial charge >= 0.3 is 0 Å². The van der Waals surface area contributed by atoms with Crippen molar-refractivity contribution < 1.29 is 14.0 Å². The first kappa shape index (κ1) is 16.1. The number of carbonyl (C=O) groups excluding carboxylic acids is 2. The molecule has 0 saturated carbocycles. The summed E-state index contributed by atoms with van der Waals surface area (Å²) >= 11 is 0. The number of hydrogen-bond acceptors (Lipinski definition) is 2. The Morgan fingerprint density at radius 3 is 2.50 bits per heavy atom. The maximum atomic E-state index is 13.5. The van der Waals surface area contributed by atoms with E-state index in [9.17, 15) is 14.0 Å². The Morgan fingerprint density at radius 1 is 1.30 bits per heavy atom. The molecule has 0 saturated heterocycles. The number of nitrogens with zero attached hydrogens (tertiary/aromatic N) is 1. The minimum absolute atomic E-state index is 0.00195. The van der Waals surface area contributed by atoms with E-state index in [1.54, 1.807) is 18.2 Å². The summed E-state index contributed by atoms with van der Waals surface area (Å²) in [6.07, 6.45) is 0.390. The molecule has 110 valence electrons. The molecule has 2 amide bonds. The normalized spacial score (nSPS) is 10.4. The van der Waals surface area contributed by atoms with Crippen molar-refractivity contribution >= 4 is 11.8 Å². The van der Waals surface area contributed by atoms with Crippen molar-refractivity contribution in [1.29, 1.82) is 0 Å². The summed E-state index contributed by atoms with van der Waals surface area (Å²) in [6.45, 7) is 5.44. The summed E-state index contributed by atoms with van der Waals surface area (Å²) in [5.41, 5.74) is 0.544. The van der Waals surface area contributed by atoms with Crippen LogP contribution in [0.3, 0.4) is 0 Å². The lowest BCUT2D eigenvalue weighted by Gasteiger charge is -2.21. The van der Waals surface area contributed by atoms with Gasteiger partial charge in [0.1, 0.15) is 5.82 Å². The second-order valence-corrected chi connectivity index (χ2v) is 5.00. The molecule has 0 radical (unpaired) electrons. The van der Waals surface area contributed by atoms with Gasteiger partial charge in [0.25, 0.3) is 0 Å². The average molecular weight is 280 g/mol. The van der Waals surface area contributed by atoms with Gasteiger partial charge < -0.3 is 10.2 Å². The van der Waals surface area contributed by atoms with E-state index >= 15 is 0 Å². The molecule has 5 heteroatoms. The van der Waals surface area contributed by atoms with Crippen LogP contribution < -0.4 is 5.32 Å². The summed E-state index contributed by atoms with van der Waals surface area (Å²) in [5.74, 6) is -0.688. The molecule has 1 aromatic carbocycles. The summed E-state index contributed by atoms with van der Waals surface area (Å²) in [6, 6.07) is 6.48. The fourth-order valence-electron chi connectivity index (χ4n) is 1.85. The highest BCUT2D eigenvalue weighted by Crippen LogP contribution is 2.08. The monoisotopic (exact) mass is 280 g/mol. The minimum atomic E-state index is -0.289. The van der Waals surface area contributed by atoms with Crippen LogP contribution in [0.15, 0.2) is 24.3 Å². The van der Waals surface area contributed by atoms with Gasteiger partial charge in [-0.05, 0) is 31.9 Å². The van der Waals surface area contributed by atoms with E-state index in [2.05, 4.69) is 5.32 Å². The van der Waals surface area contributed by atoms with Gasteiger partial charge in [-0.15, -0.1) is 0 Å². The fraction of sp³-hybridized carbons (Fsp3) is 0.467. The van der Waals surface area contributed by atoms with Gasteiger partial charge in [0.2, 0.25) is 11.8 Å². The zero-order chi connectivity index (χ0) is 15.1. The van der Waals surface area contributed by atoms with Gasteiger partial charge in [0.15, 0.2) is 0 Å². The first-order valence-corrected chi connectivity index (χ1v) is 6.68. The van der Waals surface area contributed by atoms with E-state index in [1.807, 2.05) is 13.8 Å². The molecule has 0 atom stereocenters. The molecule has 0 aliphatic rings. The predicted octanol–water partition coefficient (Wildman–Crippen LogP) is 1.74. The molecule has 0 fully saturated rings. The first-order valence-electron chi connectivity index (χ1n) is 6.68. The summed E-state index contributed by atoms with van der Waals surface area (Å²) < 4.78 is 13.5. The van der Waals surface area contributed by atoms with Gasteiger partial charge in [-0.25, -0.2) is 4.39 Å². The summed E-state index contributed by atoms with van der Waals surface area (Å²) in [4.78, 5) is 24.6. The standard InChI is InChI=1S/C15H21FN2O2/c1-11(2)17-15(20)10-18(12(3)19)9-8-13-6-4-5-7-14(13)16/h4-7,11H,8-10H2,1-3H3,(H,17,20). The maximum absolute atomic E-state index is 13.5. The van der Waals surface area contributed by atoms with E-state index < -0.39 is 0 Å². The third-order valence-electron chi connectivity index (χ3n) is 2.84. The Balaban J connectivity index is 2.58. The molecule has 0 aliphatic carbocycles. The lowest BCUT2D eigenvalue weighted by atomic mass is 10.1. The van der Waals surface area contributed by atoms with Crippen molar-refractivity contribution in [1.82, 2.24) is 10.2 Å². The second kappa shape index (κ2) is 7.62. The highest BCUT2D eigenvalue weighted by atomic mass is 19.1. The Kier molecular flexibility index (Phi) is 6.15. The van der Waals surface area contributed by atoms with Crippen LogP contribution in [0.4, 0.5) is 4.39 Å². The zero-order valence-electron chi connectivity index (χ0n) is 12.1. The number of rotatable bonds is 6. The van der Waals surface area contributed by atoms with Crippen molar-refractivity contribution in [3.63, 3.8) is 0 Å².